The van der Waals surface area contributed by atoms with E-state index >= 15 is 0 Å². The van der Waals surface area contributed by atoms with Gasteiger partial charge in [-0.15, -0.1) is 0 Å². The maximum atomic E-state index is 12.5. The second-order valence-corrected chi connectivity index (χ2v) is 6.02. The number of carbonyl (C=O) groups excluding carboxylic acids is 1. The first-order chi connectivity index (χ1) is 9.63. The van der Waals surface area contributed by atoms with Gasteiger partial charge in [-0.3, -0.25) is 4.79 Å². The molecule has 3 nitrogen and oxygen atoms in total. The van der Waals surface area contributed by atoms with Crippen LogP contribution in [0.3, 0.4) is 0 Å². The van der Waals surface area contributed by atoms with Crippen LogP contribution < -0.4 is 5.73 Å². The van der Waals surface area contributed by atoms with Crippen molar-refractivity contribution in [1.82, 2.24) is 4.90 Å². The largest absolute Gasteiger partial charge is 0.338 e. The van der Waals surface area contributed by atoms with E-state index in [-0.39, 0.29) is 11.9 Å². The van der Waals surface area contributed by atoms with Gasteiger partial charge in [-0.05, 0) is 36.5 Å². The van der Waals surface area contributed by atoms with Crippen LogP contribution in [0.15, 0.2) is 24.3 Å². The lowest BCUT2D eigenvalue weighted by Crippen LogP contribution is -2.50. The summed E-state index contributed by atoms with van der Waals surface area (Å²) in [6.45, 7) is 3.60. The lowest BCUT2D eigenvalue weighted by molar-refractivity contribution is -0.134. The zero-order chi connectivity index (χ0) is 14.5. The number of nitrogens with zero attached hydrogens (tertiary/aromatic N) is 1. The Balaban J connectivity index is 2.01. The van der Waals surface area contributed by atoms with Crippen molar-refractivity contribution in [1.29, 1.82) is 0 Å². The molecule has 1 amide bonds. The third-order valence-electron chi connectivity index (χ3n) is 4.24. The lowest BCUT2D eigenvalue weighted by atomic mass is 9.88. The number of hydrogen-bond donors (Lipinski definition) is 1. The van der Waals surface area contributed by atoms with Crippen molar-refractivity contribution in [2.45, 2.75) is 38.6 Å². The Labute approximate surface area is 126 Å². The van der Waals surface area contributed by atoms with Crippen LogP contribution in [0.1, 0.15) is 31.7 Å². The van der Waals surface area contributed by atoms with E-state index < -0.39 is 0 Å². The van der Waals surface area contributed by atoms with Gasteiger partial charge in [-0.25, -0.2) is 0 Å². The highest BCUT2D eigenvalue weighted by atomic mass is 35.5. The summed E-state index contributed by atoms with van der Waals surface area (Å²) in [5.41, 5.74) is 6.82. The highest BCUT2D eigenvalue weighted by Gasteiger charge is 2.29. The van der Waals surface area contributed by atoms with Gasteiger partial charge < -0.3 is 10.6 Å². The van der Waals surface area contributed by atoms with Gasteiger partial charge in [0, 0.05) is 24.2 Å². The molecule has 0 bridgehead atoms. The smallest absolute Gasteiger partial charge is 0.227 e. The van der Waals surface area contributed by atoms with Crippen molar-refractivity contribution < 1.29 is 4.79 Å². The van der Waals surface area contributed by atoms with E-state index in [1.165, 1.54) is 6.42 Å². The summed E-state index contributed by atoms with van der Waals surface area (Å²) in [4.78, 5) is 14.4. The molecule has 2 unspecified atom stereocenters. The second-order valence-electron chi connectivity index (χ2n) is 5.58. The first-order valence-electron chi connectivity index (χ1n) is 7.38. The molecule has 1 heterocycles. The Morgan fingerprint density at radius 1 is 1.50 bits per heavy atom. The fraction of sp³-hybridized carbons (Fsp3) is 0.562. The van der Waals surface area contributed by atoms with Crippen molar-refractivity contribution in [2.24, 2.45) is 11.7 Å². The molecule has 20 heavy (non-hydrogen) atoms. The van der Waals surface area contributed by atoms with E-state index in [2.05, 4.69) is 6.92 Å². The van der Waals surface area contributed by atoms with E-state index in [1.54, 1.807) is 0 Å². The van der Waals surface area contributed by atoms with E-state index in [1.807, 2.05) is 29.2 Å². The molecule has 2 atom stereocenters. The van der Waals surface area contributed by atoms with Crippen LogP contribution in [0.4, 0.5) is 0 Å². The zero-order valence-electron chi connectivity index (χ0n) is 12.0. The van der Waals surface area contributed by atoms with Crippen LogP contribution in [-0.4, -0.2) is 29.9 Å². The molecule has 1 aliphatic rings. The molecule has 1 saturated heterocycles. The lowest BCUT2D eigenvalue weighted by Gasteiger charge is -2.39. The Morgan fingerprint density at radius 3 is 2.95 bits per heavy atom. The van der Waals surface area contributed by atoms with Crippen molar-refractivity contribution in [3.63, 3.8) is 0 Å². The summed E-state index contributed by atoms with van der Waals surface area (Å²) in [5, 5.41) is 0.676. The molecule has 0 aromatic heterocycles. The van der Waals surface area contributed by atoms with Gasteiger partial charge in [-0.2, -0.15) is 0 Å². The maximum absolute atomic E-state index is 12.5. The molecule has 2 N–H and O–H groups in total. The first kappa shape index (κ1) is 15.3. The zero-order valence-corrected chi connectivity index (χ0v) is 12.8. The average molecular weight is 295 g/mol. The molecule has 1 aromatic rings. The molecule has 1 aliphatic heterocycles. The third-order valence-corrected chi connectivity index (χ3v) is 4.47. The SMILES string of the molecule is CCC1CCN(C(=O)Cc2cccc(Cl)c2)C(CN)C1. The third kappa shape index (κ3) is 3.74. The molecule has 0 saturated carbocycles. The highest BCUT2D eigenvalue weighted by Crippen LogP contribution is 2.25. The van der Waals surface area contributed by atoms with Crippen molar-refractivity contribution in [3.05, 3.63) is 34.9 Å². The van der Waals surface area contributed by atoms with Crippen LogP contribution in [0, 0.1) is 5.92 Å². The molecule has 2 rings (SSSR count). The quantitative estimate of drug-likeness (QED) is 0.928. The molecular formula is C16H23ClN2O. The van der Waals surface area contributed by atoms with Gasteiger partial charge >= 0.3 is 0 Å². The summed E-state index contributed by atoms with van der Waals surface area (Å²) in [5.74, 6) is 0.871. The van der Waals surface area contributed by atoms with Gasteiger partial charge in [0.1, 0.15) is 0 Å². The number of amides is 1. The molecule has 0 spiro atoms. The summed E-state index contributed by atoms with van der Waals surface area (Å²) >= 11 is 5.96. The molecule has 0 radical (unpaired) electrons. The van der Waals surface area contributed by atoms with Gasteiger partial charge in [0.15, 0.2) is 0 Å². The van der Waals surface area contributed by atoms with Gasteiger partial charge in [0.05, 0.1) is 6.42 Å². The molecule has 110 valence electrons. The molecule has 1 fully saturated rings. The van der Waals surface area contributed by atoms with Crippen LogP contribution in [-0.2, 0) is 11.2 Å². The summed E-state index contributed by atoms with van der Waals surface area (Å²) in [7, 11) is 0. The Bertz CT molecular complexity index is 464. The first-order valence-corrected chi connectivity index (χ1v) is 7.75. The monoisotopic (exact) mass is 294 g/mol. The van der Waals surface area contributed by atoms with E-state index in [0.29, 0.717) is 23.9 Å². The number of piperidine rings is 1. The number of carbonyl (C=O) groups is 1. The number of rotatable bonds is 4. The fourth-order valence-corrected chi connectivity index (χ4v) is 3.19. The van der Waals surface area contributed by atoms with Crippen molar-refractivity contribution in [2.75, 3.05) is 13.1 Å². The maximum Gasteiger partial charge on any atom is 0.227 e. The number of benzene rings is 1. The van der Waals surface area contributed by atoms with Crippen molar-refractivity contribution in [3.8, 4) is 0 Å². The number of likely N-dealkylation sites (tertiary alicyclic amines) is 1. The van der Waals surface area contributed by atoms with Crippen LogP contribution in [0.5, 0.6) is 0 Å². The van der Waals surface area contributed by atoms with E-state index in [4.69, 9.17) is 17.3 Å². The Morgan fingerprint density at radius 2 is 2.30 bits per heavy atom. The van der Waals surface area contributed by atoms with Gasteiger partial charge in [0.25, 0.3) is 0 Å². The molecular weight excluding hydrogens is 272 g/mol. The van der Waals surface area contributed by atoms with E-state index in [0.717, 1.165) is 24.9 Å². The molecule has 1 aromatic carbocycles. The molecule has 0 aliphatic carbocycles. The van der Waals surface area contributed by atoms with Gasteiger partial charge in [-0.1, -0.05) is 37.1 Å². The van der Waals surface area contributed by atoms with Crippen LogP contribution >= 0.6 is 11.6 Å². The minimum atomic E-state index is 0.164. The summed E-state index contributed by atoms with van der Waals surface area (Å²) < 4.78 is 0. The van der Waals surface area contributed by atoms with E-state index in [9.17, 15) is 4.79 Å². The summed E-state index contributed by atoms with van der Waals surface area (Å²) in [6, 6.07) is 7.70. The topological polar surface area (TPSA) is 46.3 Å². The predicted molar refractivity (Wildman–Crippen MR) is 82.7 cm³/mol. The summed E-state index contributed by atoms with van der Waals surface area (Å²) in [6.07, 6.45) is 3.71. The predicted octanol–water partition coefficient (Wildman–Crippen LogP) is 2.86. The minimum Gasteiger partial charge on any atom is -0.338 e. The van der Waals surface area contributed by atoms with Crippen LogP contribution in [0.2, 0.25) is 5.02 Å². The van der Waals surface area contributed by atoms with Crippen molar-refractivity contribution >= 4 is 17.5 Å². The minimum absolute atomic E-state index is 0.164. The second kappa shape index (κ2) is 7.09. The molecule has 4 heteroatoms. The van der Waals surface area contributed by atoms with Gasteiger partial charge in [0.2, 0.25) is 5.91 Å². The van der Waals surface area contributed by atoms with Crippen LogP contribution in [0.25, 0.3) is 0 Å². The standard InChI is InChI=1S/C16H23ClN2O/c1-2-12-6-7-19(15(9-12)11-18)16(20)10-13-4-3-5-14(17)8-13/h3-5,8,12,15H,2,6-7,9-11,18H2,1H3. The number of halogens is 1. The fourth-order valence-electron chi connectivity index (χ4n) is 2.98. The average Bonchev–Trinajstić information content (AvgIpc) is 2.46. The normalized spacial score (nSPS) is 22.9. The number of hydrogen-bond acceptors (Lipinski definition) is 2. The Hall–Kier alpha value is -1.06. The number of nitrogens with two attached hydrogens (primary N) is 1. The Kier molecular flexibility index (Phi) is 5.44. The highest BCUT2D eigenvalue weighted by molar-refractivity contribution is 6.30.